The van der Waals surface area contributed by atoms with Gasteiger partial charge in [0.15, 0.2) is 0 Å². The molecule has 3 nitrogen and oxygen atoms in total. The fourth-order valence-corrected chi connectivity index (χ4v) is 1.73. The molecular weight excluding hydrogens is 162 g/mol. The number of nitrogens with zero attached hydrogens (tertiary/aromatic N) is 1. The molecule has 0 radical (unpaired) electrons. The molecule has 0 N–H and O–H groups in total. The SMILES string of the molecule is CN(C)C(=O)CC1CSCO1. The quantitative estimate of drug-likeness (QED) is 0.614. The third-order valence-corrected chi connectivity index (χ3v) is 2.50. The minimum absolute atomic E-state index is 0.148. The van der Waals surface area contributed by atoms with E-state index in [2.05, 4.69) is 0 Å². The summed E-state index contributed by atoms with van der Waals surface area (Å²) in [6.07, 6.45) is 0.676. The number of hydrogen-bond donors (Lipinski definition) is 0. The van der Waals surface area contributed by atoms with Gasteiger partial charge >= 0.3 is 0 Å². The van der Waals surface area contributed by atoms with Crippen molar-refractivity contribution in [1.82, 2.24) is 4.90 Å². The lowest BCUT2D eigenvalue weighted by Gasteiger charge is -2.12. The van der Waals surface area contributed by atoms with Gasteiger partial charge < -0.3 is 9.64 Å². The molecular formula is C7H13NO2S. The van der Waals surface area contributed by atoms with Crippen molar-refractivity contribution in [2.24, 2.45) is 0 Å². The van der Waals surface area contributed by atoms with Crippen LogP contribution in [-0.4, -0.2) is 42.7 Å². The molecule has 0 aliphatic carbocycles. The second-order valence-electron chi connectivity index (χ2n) is 2.77. The van der Waals surface area contributed by atoms with E-state index < -0.39 is 0 Å². The maximum Gasteiger partial charge on any atom is 0.224 e. The first-order chi connectivity index (χ1) is 5.20. The molecule has 1 fully saturated rings. The first kappa shape index (κ1) is 8.87. The number of carbonyl (C=O) groups excluding carboxylic acids is 1. The molecule has 1 aliphatic heterocycles. The molecule has 1 atom stereocenters. The molecule has 1 amide bonds. The van der Waals surface area contributed by atoms with Gasteiger partial charge in [-0.15, -0.1) is 11.8 Å². The van der Waals surface area contributed by atoms with E-state index in [-0.39, 0.29) is 12.0 Å². The topological polar surface area (TPSA) is 29.5 Å². The number of hydrogen-bond acceptors (Lipinski definition) is 3. The highest BCUT2D eigenvalue weighted by Crippen LogP contribution is 2.18. The van der Waals surface area contributed by atoms with Gasteiger partial charge in [-0.2, -0.15) is 0 Å². The highest BCUT2D eigenvalue weighted by atomic mass is 32.2. The van der Waals surface area contributed by atoms with E-state index >= 15 is 0 Å². The molecule has 0 saturated carbocycles. The minimum Gasteiger partial charge on any atom is -0.366 e. The lowest BCUT2D eigenvalue weighted by Crippen LogP contribution is -2.26. The number of amides is 1. The molecule has 0 aromatic carbocycles. The first-order valence-corrected chi connectivity index (χ1v) is 4.75. The monoisotopic (exact) mass is 175 g/mol. The zero-order valence-electron chi connectivity index (χ0n) is 6.87. The van der Waals surface area contributed by atoms with Gasteiger partial charge in [0, 0.05) is 19.8 Å². The zero-order valence-corrected chi connectivity index (χ0v) is 7.69. The van der Waals surface area contributed by atoms with Crippen LogP contribution in [0.2, 0.25) is 0 Å². The van der Waals surface area contributed by atoms with Gasteiger partial charge in [-0.3, -0.25) is 4.79 Å². The largest absolute Gasteiger partial charge is 0.366 e. The molecule has 1 unspecified atom stereocenters. The Morgan fingerprint density at radius 2 is 2.45 bits per heavy atom. The Kier molecular flexibility index (Phi) is 3.20. The molecule has 1 saturated heterocycles. The number of thioether (sulfide) groups is 1. The maximum absolute atomic E-state index is 11.1. The Morgan fingerprint density at radius 1 is 1.73 bits per heavy atom. The summed E-state index contributed by atoms with van der Waals surface area (Å²) >= 11 is 1.74. The second kappa shape index (κ2) is 3.97. The van der Waals surface area contributed by atoms with E-state index in [9.17, 15) is 4.79 Å². The van der Waals surface area contributed by atoms with Crippen LogP contribution in [0.4, 0.5) is 0 Å². The summed E-state index contributed by atoms with van der Waals surface area (Å²) in [6.45, 7) is 0. The van der Waals surface area contributed by atoms with Crippen molar-refractivity contribution in [1.29, 1.82) is 0 Å². The van der Waals surface area contributed by atoms with E-state index in [0.717, 1.165) is 11.7 Å². The van der Waals surface area contributed by atoms with Crippen molar-refractivity contribution < 1.29 is 9.53 Å². The normalized spacial score (nSPS) is 23.6. The van der Waals surface area contributed by atoms with Gasteiger partial charge in [0.05, 0.1) is 18.5 Å². The van der Waals surface area contributed by atoms with Crippen molar-refractivity contribution in [3.05, 3.63) is 0 Å². The van der Waals surface area contributed by atoms with E-state index in [4.69, 9.17) is 4.74 Å². The molecule has 0 bridgehead atoms. The third-order valence-electron chi connectivity index (χ3n) is 1.59. The summed E-state index contributed by atoms with van der Waals surface area (Å²) < 4.78 is 5.29. The minimum atomic E-state index is 0.148. The Hall–Kier alpha value is -0.220. The van der Waals surface area contributed by atoms with Crippen molar-refractivity contribution in [2.75, 3.05) is 25.8 Å². The molecule has 0 aromatic rings. The fourth-order valence-electron chi connectivity index (χ4n) is 0.867. The van der Waals surface area contributed by atoms with E-state index in [1.165, 1.54) is 0 Å². The number of carbonyl (C=O) groups is 1. The van der Waals surface area contributed by atoms with Crippen molar-refractivity contribution in [3.8, 4) is 0 Å². The average Bonchev–Trinajstić information content (AvgIpc) is 2.39. The number of ether oxygens (including phenoxy) is 1. The van der Waals surface area contributed by atoms with Crippen LogP contribution in [0.15, 0.2) is 0 Å². The van der Waals surface area contributed by atoms with Crippen LogP contribution in [0, 0.1) is 0 Å². The van der Waals surface area contributed by atoms with Crippen LogP contribution in [0.5, 0.6) is 0 Å². The lowest BCUT2D eigenvalue weighted by atomic mass is 10.2. The third kappa shape index (κ3) is 2.71. The molecule has 11 heavy (non-hydrogen) atoms. The molecule has 1 heterocycles. The molecule has 64 valence electrons. The first-order valence-electron chi connectivity index (χ1n) is 3.59. The van der Waals surface area contributed by atoms with Crippen molar-refractivity contribution >= 4 is 17.7 Å². The Morgan fingerprint density at radius 3 is 2.91 bits per heavy atom. The summed E-state index contributed by atoms with van der Waals surface area (Å²) in [4.78, 5) is 12.7. The Balaban J connectivity index is 2.24. The molecule has 1 rings (SSSR count). The van der Waals surface area contributed by atoms with Gasteiger partial charge in [0.25, 0.3) is 0 Å². The smallest absolute Gasteiger partial charge is 0.224 e. The van der Waals surface area contributed by atoms with Crippen LogP contribution in [-0.2, 0) is 9.53 Å². The van der Waals surface area contributed by atoms with Crippen LogP contribution in [0.25, 0.3) is 0 Å². The van der Waals surface area contributed by atoms with Crippen molar-refractivity contribution in [3.63, 3.8) is 0 Å². The van der Waals surface area contributed by atoms with Gasteiger partial charge in [0.2, 0.25) is 5.91 Å². The molecule has 0 aromatic heterocycles. The van der Waals surface area contributed by atoms with Gasteiger partial charge in [-0.1, -0.05) is 0 Å². The summed E-state index contributed by atoms with van der Waals surface area (Å²) in [7, 11) is 3.54. The highest BCUT2D eigenvalue weighted by Gasteiger charge is 2.19. The Bertz CT molecular complexity index is 143. The van der Waals surface area contributed by atoms with E-state index in [0.29, 0.717) is 6.42 Å². The fraction of sp³-hybridized carbons (Fsp3) is 0.857. The maximum atomic E-state index is 11.1. The van der Waals surface area contributed by atoms with Crippen LogP contribution in [0.1, 0.15) is 6.42 Å². The zero-order chi connectivity index (χ0) is 8.27. The molecule has 4 heteroatoms. The van der Waals surface area contributed by atoms with Gasteiger partial charge in [-0.25, -0.2) is 0 Å². The van der Waals surface area contributed by atoms with Crippen molar-refractivity contribution in [2.45, 2.75) is 12.5 Å². The summed E-state index contributed by atoms with van der Waals surface area (Å²) in [6, 6.07) is 0. The van der Waals surface area contributed by atoms with Gasteiger partial charge in [-0.05, 0) is 0 Å². The van der Waals surface area contributed by atoms with Crippen LogP contribution >= 0.6 is 11.8 Å². The lowest BCUT2D eigenvalue weighted by molar-refractivity contribution is -0.130. The van der Waals surface area contributed by atoms with Crippen LogP contribution < -0.4 is 0 Å². The Labute approximate surface area is 71.1 Å². The predicted octanol–water partition coefficient (Wildman–Crippen LogP) is 0.554. The van der Waals surface area contributed by atoms with Crippen LogP contribution in [0.3, 0.4) is 0 Å². The summed E-state index contributed by atoms with van der Waals surface area (Å²) in [5.41, 5.74) is 0. The standard InChI is InChI=1S/C7H13NO2S/c1-8(2)7(9)3-6-4-11-5-10-6/h6H,3-5H2,1-2H3. The van der Waals surface area contributed by atoms with E-state index in [1.807, 2.05) is 0 Å². The number of rotatable bonds is 2. The average molecular weight is 175 g/mol. The summed E-state index contributed by atoms with van der Waals surface area (Å²) in [5, 5.41) is 0. The second-order valence-corrected chi connectivity index (χ2v) is 3.75. The summed E-state index contributed by atoms with van der Waals surface area (Å²) in [5.74, 6) is 1.85. The highest BCUT2D eigenvalue weighted by molar-refractivity contribution is 7.99. The predicted molar refractivity (Wildman–Crippen MR) is 45.5 cm³/mol. The van der Waals surface area contributed by atoms with Gasteiger partial charge in [0.1, 0.15) is 0 Å². The molecule has 0 spiro atoms. The molecule has 1 aliphatic rings. The van der Waals surface area contributed by atoms with E-state index in [1.54, 1.807) is 30.8 Å².